The lowest BCUT2D eigenvalue weighted by Gasteiger charge is -2.32. The number of ether oxygens (including phenoxy) is 2. The maximum absolute atomic E-state index is 12.7. The SMILES string of the molecule is CCn1ccc2cc(C(=O)N[C@@H]3COCC[C@@H]3OCCN(C)C)ccc21. The highest BCUT2D eigenvalue weighted by molar-refractivity contribution is 5.98. The summed E-state index contributed by atoms with van der Waals surface area (Å²) >= 11 is 0. The predicted octanol–water partition coefficient (Wildman–Crippen LogP) is 2.13. The molecule has 0 spiro atoms. The van der Waals surface area contributed by atoms with Crippen LogP contribution in [-0.4, -0.2) is 68.0 Å². The van der Waals surface area contributed by atoms with Crippen molar-refractivity contribution in [2.24, 2.45) is 0 Å². The van der Waals surface area contributed by atoms with Gasteiger partial charge in [0.2, 0.25) is 0 Å². The lowest BCUT2D eigenvalue weighted by Crippen LogP contribution is -2.51. The van der Waals surface area contributed by atoms with E-state index < -0.39 is 0 Å². The van der Waals surface area contributed by atoms with Crippen LogP contribution >= 0.6 is 0 Å². The van der Waals surface area contributed by atoms with Gasteiger partial charge in [0, 0.05) is 42.4 Å². The first-order valence-electron chi connectivity index (χ1n) is 9.32. The van der Waals surface area contributed by atoms with Crippen molar-refractivity contribution in [3.63, 3.8) is 0 Å². The van der Waals surface area contributed by atoms with Crippen molar-refractivity contribution in [3.05, 3.63) is 36.0 Å². The summed E-state index contributed by atoms with van der Waals surface area (Å²) in [6, 6.07) is 7.77. The smallest absolute Gasteiger partial charge is 0.251 e. The summed E-state index contributed by atoms with van der Waals surface area (Å²) in [6.45, 7) is 5.71. The molecule has 2 heterocycles. The Balaban J connectivity index is 1.65. The number of hydrogen-bond acceptors (Lipinski definition) is 4. The second-order valence-corrected chi connectivity index (χ2v) is 7.03. The third-order valence-electron chi connectivity index (χ3n) is 4.85. The largest absolute Gasteiger partial charge is 0.379 e. The molecule has 1 N–H and O–H groups in total. The van der Waals surface area contributed by atoms with Crippen LogP contribution in [0.4, 0.5) is 0 Å². The first-order valence-corrected chi connectivity index (χ1v) is 9.32. The number of benzene rings is 1. The van der Waals surface area contributed by atoms with Crippen molar-refractivity contribution in [1.29, 1.82) is 0 Å². The minimum absolute atomic E-state index is 0.00226. The molecule has 2 atom stereocenters. The second-order valence-electron chi connectivity index (χ2n) is 7.03. The van der Waals surface area contributed by atoms with Crippen molar-refractivity contribution in [2.75, 3.05) is 40.5 Å². The van der Waals surface area contributed by atoms with Crippen molar-refractivity contribution in [2.45, 2.75) is 32.0 Å². The van der Waals surface area contributed by atoms with Gasteiger partial charge in [-0.05, 0) is 51.7 Å². The Morgan fingerprint density at radius 3 is 3.00 bits per heavy atom. The molecule has 1 aliphatic rings. The number of fused-ring (bicyclic) bond motifs is 1. The quantitative estimate of drug-likeness (QED) is 0.823. The summed E-state index contributed by atoms with van der Waals surface area (Å²) in [5.41, 5.74) is 1.82. The van der Waals surface area contributed by atoms with Gasteiger partial charge in [-0.15, -0.1) is 0 Å². The van der Waals surface area contributed by atoms with E-state index in [1.807, 2.05) is 38.4 Å². The summed E-state index contributed by atoms with van der Waals surface area (Å²) < 4.78 is 13.7. The van der Waals surface area contributed by atoms with E-state index in [9.17, 15) is 4.79 Å². The molecule has 1 aliphatic heterocycles. The van der Waals surface area contributed by atoms with Crippen LogP contribution in [0.25, 0.3) is 10.9 Å². The molecule has 0 radical (unpaired) electrons. The lowest BCUT2D eigenvalue weighted by atomic mass is 10.1. The number of aryl methyl sites for hydroxylation is 1. The number of nitrogens with one attached hydrogen (secondary N) is 1. The molecular weight excluding hydrogens is 330 g/mol. The van der Waals surface area contributed by atoms with Gasteiger partial charge in [0.1, 0.15) is 0 Å². The van der Waals surface area contributed by atoms with E-state index in [-0.39, 0.29) is 18.1 Å². The van der Waals surface area contributed by atoms with Crippen molar-refractivity contribution >= 4 is 16.8 Å². The van der Waals surface area contributed by atoms with Gasteiger partial charge >= 0.3 is 0 Å². The van der Waals surface area contributed by atoms with Crippen LogP contribution in [0.3, 0.4) is 0 Å². The molecule has 3 rings (SSSR count). The van der Waals surface area contributed by atoms with E-state index >= 15 is 0 Å². The fourth-order valence-electron chi connectivity index (χ4n) is 3.31. The first-order chi connectivity index (χ1) is 12.6. The number of nitrogens with zero attached hydrogens (tertiary/aromatic N) is 2. The molecule has 0 aliphatic carbocycles. The fourth-order valence-corrected chi connectivity index (χ4v) is 3.31. The summed E-state index contributed by atoms with van der Waals surface area (Å²) in [6.07, 6.45) is 2.85. The van der Waals surface area contributed by atoms with Gasteiger partial charge in [-0.2, -0.15) is 0 Å². The highest BCUT2D eigenvalue weighted by Gasteiger charge is 2.28. The third-order valence-corrected chi connectivity index (χ3v) is 4.85. The molecule has 6 nitrogen and oxygen atoms in total. The molecule has 0 unspecified atom stereocenters. The Kier molecular flexibility index (Phi) is 6.29. The van der Waals surface area contributed by atoms with Gasteiger partial charge in [-0.3, -0.25) is 4.79 Å². The molecule has 6 heteroatoms. The van der Waals surface area contributed by atoms with Gasteiger partial charge in [-0.1, -0.05) is 0 Å². The van der Waals surface area contributed by atoms with Crippen LogP contribution in [0.5, 0.6) is 0 Å². The Morgan fingerprint density at radius 1 is 1.38 bits per heavy atom. The highest BCUT2D eigenvalue weighted by atomic mass is 16.5. The second kappa shape index (κ2) is 8.66. The number of aromatic nitrogens is 1. The molecule has 0 bridgehead atoms. The predicted molar refractivity (Wildman–Crippen MR) is 103 cm³/mol. The van der Waals surface area contributed by atoms with Gasteiger partial charge in [0.05, 0.1) is 25.4 Å². The molecule has 1 amide bonds. The Morgan fingerprint density at radius 2 is 2.23 bits per heavy atom. The van der Waals surface area contributed by atoms with E-state index in [4.69, 9.17) is 9.47 Å². The number of carbonyl (C=O) groups is 1. The molecule has 142 valence electrons. The van der Waals surface area contributed by atoms with Crippen LogP contribution in [0, 0.1) is 0 Å². The lowest BCUT2D eigenvalue weighted by molar-refractivity contribution is -0.0561. The Hall–Kier alpha value is -1.89. The molecule has 1 aromatic carbocycles. The van der Waals surface area contributed by atoms with Crippen molar-refractivity contribution in [3.8, 4) is 0 Å². The Labute approximate surface area is 155 Å². The van der Waals surface area contributed by atoms with E-state index in [1.54, 1.807) is 0 Å². The number of rotatable bonds is 7. The maximum Gasteiger partial charge on any atom is 0.251 e. The zero-order valence-electron chi connectivity index (χ0n) is 15.9. The van der Waals surface area contributed by atoms with Crippen molar-refractivity contribution < 1.29 is 14.3 Å². The number of carbonyl (C=O) groups excluding carboxylic acids is 1. The maximum atomic E-state index is 12.7. The minimum Gasteiger partial charge on any atom is -0.379 e. The topological polar surface area (TPSA) is 55.7 Å². The monoisotopic (exact) mass is 359 g/mol. The van der Waals surface area contributed by atoms with Crippen LogP contribution in [0.2, 0.25) is 0 Å². The zero-order chi connectivity index (χ0) is 18.5. The third kappa shape index (κ3) is 4.44. The molecule has 1 saturated heterocycles. The summed E-state index contributed by atoms with van der Waals surface area (Å²) in [4.78, 5) is 14.8. The van der Waals surface area contributed by atoms with Gasteiger partial charge < -0.3 is 24.3 Å². The molecule has 26 heavy (non-hydrogen) atoms. The summed E-state index contributed by atoms with van der Waals surface area (Å²) in [7, 11) is 4.04. The first kappa shape index (κ1) is 18.9. The molecular formula is C20H29N3O3. The van der Waals surface area contributed by atoms with Crippen LogP contribution in [0.1, 0.15) is 23.7 Å². The summed E-state index contributed by atoms with van der Waals surface area (Å²) in [5, 5.41) is 4.18. The Bertz CT molecular complexity index is 741. The van der Waals surface area contributed by atoms with Crippen molar-refractivity contribution in [1.82, 2.24) is 14.8 Å². The van der Waals surface area contributed by atoms with Gasteiger partial charge in [0.25, 0.3) is 5.91 Å². The van der Waals surface area contributed by atoms with Crippen LogP contribution in [-0.2, 0) is 16.0 Å². The summed E-state index contributed by atoms with van der Waals surface area (Å²) in [5.74, 6) is -0.0761. The van der Waals surface area contributed by atoms with E-state index in [0.29, 0.717) is 25.4 Å². The molecule has 1 aromatic heterocycles. The number of hydrogen-bond donors (Lipinski definition) is 1. The zero-order valence-corrected chi connectivity index (χ0v) is 15.9. The van der Waals surface area contributed by atoms with Crippen LogP contribution in [0.15, 0.2) is 30.5 Å². The minimum atomic E-state index is -0.116. The van der Waals surface area contributed by atoms with E-state index in [1.165, 1.54) is 0 Å². The normalized spacial score (nSPS) is 20.6. The number of amides is 1. The average molecular weight is 359 g/mol. The fraction of sp³-hybridized carbons (Fsp3) is 0.550. The number of likely N-dealkylation sites (N-methyl/N-ethyl adjacent to an activating group) is 1. The standard InChI is InChI=1S/C20H29N3O3/c1-4-23-9-7-15-13-16(5-6-18(15)23)20(24)21-17-14-25-11-8-19(17)26-12-10-22(2)3/h5-7,9,13,17,19H,4,8,10-12,14H2,1-3H3,(H,21,24)/t17-,19+/m1/s1. The molecule has 1 fully saturated rings. The molecule has 2 aromatic rings. The van der Waals surface area contributed by atoms with E-state index in [2.05, 4.69) is 27.9 Å². The average Bonchev–Trinajstić information content (AvgIpc) is 3.05. The van der Waals surface area contributed by atoms with Crippen LogP contribution < -0.4 is 5.32 Å². The van der Waals surface area contributed by atoms with Gasteiger partial charge in [-0.25, -0.2) is 0 Å². The van der Waals surface area contributed by atoms with Gasteiger partial charge in [0.15, 0.2) is 0 Å². The van der Waals surface area contributed by atoms with E-state index in [0.717, 1.165) is 30.4 Å². The molecule has 0 saturated carbocycles. The highest BCUT2D eigenvalue weighted by Crippen LogP contribution is 2.19.